The van der Waals surface area contributed by atoms with Gasteiger partial charge in [0.2, 0.25) is 0 Å². The lowest BCUT2D eigenvalue weighted by Gasteiger charge is -2.50. The Balaban J connectivity index is 1.96. The summed E-state index contributed by atoms with van der Waals surface area (Å²) in [5.41, 5.74) is 0.871. The molecule has 3 aliphatic rings. The van der Waals surface area contributed by atoms with Crippen LogP contribution >= 0.6 is 0 Å². The van der Waals surface area contributed by atoms with E-state index in [4.69, 9.17) is 0 Å². The Morgan fingerprint density at radius 3 is 2.60 bits per heavy atom. The first-order valence-corrected chi connectivity index (χ1v) is 4.64. The van der Waals surface area contributed by atoms with Crippen LogP contribution in [-0.4, -0.2) is 12.6 Å². The zero-order chi connectivity index (χ0) is 6.60. The van der Waals surface area contributed by atoms with E-state index in [2.05, 4.69) is 5.32 Å². The van der Waals surface area contributed by atoms with Gasteiger partial charge in [-0.05, 0) is 50.0 Å². The summed E-state index contributed by atoms with van der Waals surface area (Å²) >= 11 is 0. The van der Waals surface area contributed by atoms with Crippen LogP contribution in [0.4, 0.5) is 0 Å². The van der Waals surface area contributed by atoms with Crippen molar-refractivity contribution < 1.29 is 0 Å². The average Bonchev–Trinajstić information content (AvgIpc) is 2.15. The number of hydrogen-bond acceptors (Lipinski definition) is 1. The van der Waals surface area contributed by atoms with Crippen LogP contribution in [-0.2, 0) is 0 Å². The molecular weight excluding hydrogens is 122 g/mol. The Hall–Kier alpha value is -0.0400. The average molecular weight is 137 g/mol. The number of nitrogens with one attached hydrogen (secondary N) is 1. The molecule has 0 aromatic rings. The van der Waals surface area contributed by atoms with Crippen molar-refractivity contribution in [2.75, 3.05) is 6.54 Å². The van der Waals surface area contributed by atoms with Gasteiger partial charge < -0.3 is 5.32 Å². The van der Waals surface area contributed by atoms with Gasteiger partial charge in [0, 0.05) is 6.04 Å². The van der Waals surface area contributed by atoms with Crippen molar-refractivity contribution in [2.24, 2.45) is 11.3 Å². The molecule has 1 N–H and O–H groups in total. The molecule has 0 radical (unpaired) electrons. The van der Waals surface area contributed by atoms with Gasteiger partial charge in [-0.2, -0.15) is 0 Å². The minimum Gasteiger partial charge on any atom is -0.314 e. The molecule has 1 heterocycles. The zero-order valence-electron chi connectivity index (χ0n) is 6.40. The molecule has 1 nitrogen and oxygen atoms in total. The minimum absolute atomic E-state index is 0.871. The van der Waals surface area contributed by atoms with Gasteiger partial charge in [-0.15, -0.1) is 0 Å². The summed E-state index contributed by atoms with van der Waals surface area (Å²) in [5, 5.41) is 3.64. The third kappa shape index (κ3) is 0.460. The molecule has 0 amide bonds. The molecule has 1 aliphatic heterocycles. The summed E-state index contributed by atoms with van der Waals surface area (Å²) in [4.78, 5) is 0. The topological polar surface area (TPSA) is 12.0 Å². The van der Waals surface area contributed by atoms with E-state index >= 15 is 0 Å². The molecule has 3 atom stereocenters. The fourth-order valence-electron chi connectivity index (χ4n) is 3.49. The van der Waals surface area contributed by atoms with Gasteiger partial charge in [0.05, 0.1) is 0 Å². The molecule has 0 aromatic heterocycles. The van der Waals surface area contributed by atoms with Crippen LogP contribution in [0.2, 0.25) is 0 Å². The largest absolute Gasteiger partial charge is 0.314 e. The van der Waals surface area contributed by atoms with Crippen LogP contribution in [0.15, 0.2) is 0 Å². The fourth-order valence-corrected chi connectivity index (χ4v) is 3.49. The maximum absolute atomic E-state index is 3.64. The third-order valence-electron chi connectivity index (χ3n) is 4.21. The molecule has 1 saturated heterocycles. The summed E-state index contributed by atoms with van der Waals surface area (Å²) in [6.45, 7) is 1.31. The lowest BCUT2D eigenvalue weighted by atomic mass is 9.58. The molecule has 2 aliphatic carbocycles. The van der Waals surface area contributed by atoms with Crippen molar-refractivity contribution in [3.8, 4) is 0 Å². The Morgan fingerprint density at radius 1 is 1.10 bits per heavy atom. The molecule has 1 heteroatoms. The highest BCUT2D eigenvalue weighted by Gasteiger charge is 2.55. The van der Waals surface area contributed by atoms with E-state index in [1.165, 1.54) is 32.2 Å². The molecule has 56 valence electrons. The lowest BCUT2D eigenvalue weighted by molar-refractivity contribution is 0.0162. The highest BCUT2D eigenvalue weighted by atomic mass is 15.0. The van der Waals surface area contributed by atoms with E-state index in [1.54, 1.807) is 6.42 Å². The summed E-state index contributed by atoms with van der Waals surface area (Å²) in [5.74, 6) is 1.10. The van der Waals surface area contributed by atoms with Crippen LogP contribution < -0.4 is 5.32 Å². The lowest BCUT2D eigenvalue weighted by Crippen LogP contribution is -2.51. The van der Waals surface area contributed by atoms with E-state index < -0.39 is 0 Å². The molecule has 0 aromatic carbocycles. The summed E-state index contributed by atoms with van der Waals surface area (Å²) in [7, 11) is 0. The second-order valence-electron chi connectivity index (χ2n) is 4.36. The van der Waals surface area contributed by atoms with E-state index in [-0.39, 0.29) is 0 Å². The zero-order valence-corrected chi connectivity index (χ0v) is 6.40. The van der Waals surface area contributed by atoms with Crippen LogP contribution in [0, 0.1) is 11.3 Å². The van der Waals surface area contributed by atoms with Crippen molar-refractivity contribution in [1.82, 2.24) is 5.32 Å². The standard InChI is InChI=1S/C9H15N/c1-3-9-4-2-8(7(1)9)10-6-5-9/h7-8,10H,1-6H2. The molecular formula is C9H15N. The Morgan fingerprint density at radius 2 is 2.00 bits per heavy atom. The SMILES string of the molecule is C1CC23CCC(N1)C2CC3. The fraction of sp³-hybridized carbons (Fsp3) is 1.00. The van der Waals surface area contributed by atoms with E-state index in [0.29, 0.717) is 0 Å². The van der Waals surface area contributed by atoms with Crippen molar-refractivity contribution in [3.63, 3.8) is 0 Å². The Bertz CT molecular complexity index is 162. The van der Waals surface area contributed by atoms with Gasteiger partial charge in [0.25, 0.3) is 0 Å². The molecule has 2 saturated carbocycles. The van der Waals surface area contributed by atoms with Crippen molar-refractivity contribution in [3.05, 3.63) is 0 Å². The normalized spacial score (nSPS) is 57.6. The molecule has 0 spiro atoms. The van der Waals surface area contributed by atoms with Crippen LogP contribution in [0.5, 0.6) is 0 Å². The van der Waals surface area contributed by atoms with Crippen LogP contribution in [0.1, 0.15) is 32.1 Å². The first-order chi connectivity index (χ1) is 4.91. The van der Waals surface area contributed by atoms with E-state index in [9.17, 15) is 0 Å². The highest BCUT2D eigenvalue weighted by molar-refractivity contribution is 5.09. The molecule has 3 fully saturated rings. The monoisotopic (exact) mass is 137 g/mol. The second kappa shape index (κ2) is 1.58. The third-order valence-corrected chi connectivity index (χ3v) is 4.21. The summed E-state index contributed by atoms with van der Waals surface area (Å²) < 4.78 is 0. The number of piperidine rings is 1. The van der Waals surface area contributed by atoms with Crippen LogP contribution in [0.25, 0.3) is 0 Å². The van der Waals surface area contributed by atoms with Gasteiger partial charge in [-0.3, -0.25) is 0 Å². The molecule has 10 heavy (non-hydrogen) atoms. The highest BCUT2D eigenvalue weighted by Crippen LogP contribution is 2.60. The molecule has 3 rings (SSSR count). The van der Waals surface area contributed by atoms with Crippen molar-refractivity contribution in [2.45, 2.75) is 38.1 Å². The van der Waals surface area contributed by atoms with Crippen molar-refractivity contribution >= 4 is 0 Å². The molecule has 3 unspecified atom stereocenters. The summed E-state index contributed by atoms with van der Waals surface area (Å²) in [6.07, 6.45) is 7.57. The van der Waals surface area contributed by atoms with Gasteiger partial charge in [0.1, 0.15) is 0 Å². The number of hydrogen-bond donors (Lipinski definition) is 1. The van der Waals surface area contributed by atoms with Gasteiger partial charge in [-0.25, -0.2) is 0 Å². The van der Waals surface area contributed by atoms with Crippen molar-refractivity contribution in [1.29, 1.82) is 0 Å². The predicted molar refractivity (Wildman–Crippen MR) is 40.8 cm³/mol. The van der Waals surface area contributed by atoms with Gasteiger partial charge >= 0.3 is 0 Å². The maximum Gasteiger partial charge on any atom is 0.0101 e. The Kier molecular flexibility index (Phi) is 0.883. The quantitative estimate of drug-likeness (QED) is 0.534. The Labute approximate surface area is 62.2 Å². The first kappa shape index (κ1) is 5.59. The van der Waals surface area contributed by atoms with E-state index in [1.807, 2.05) is 0 Å². The summed E-state index contributed by atoms with van der Waals surface area (Å²) in [6, 6.07) is 0.933. The van der Waals surface area contributed by atoms with Crippen LogP contribution in [0.3, 0.4) is 0 Å². The minimum atomic E-state index is 0.871. The smallest absolute Gasteiger partial charge is 0.0101 e. The predicted octanol–water partition coefficient (Wildman–Crippen LogP) is 1.54. The van der Waals surface area contributed by atoms with E-state index in [0.717, 1.165) is 17.4 Å². The van der Waals surface area contributed by atoms with Gasteiger partial charge in [-0.1, -0.05) is 0 Å². The first-order valence-electron chi connectivity index (χ1n) is 4.64. The molecule has 2 bridgehead atoms. The maximum atomic E-state index is 3.64. The van der Waals surface area contributed by atoms with Gasteiger partial charge in [0.15, 0.2) is 0 Å². The second-order valence-corrected chi connectivity index (χ2v) is 4.36. The number of rotatable bonds is 0.